The molecule has 2 aromatic rings. The number of likely N-dealkylation sites (N-methyl/N-ethyl adjacent to an activating group) is 1. The van der Waals surface area contributed by atoms with Gasteiger partial charge in [-0.15, -0.1) is 11.3 Å². The van der Waals surface area contributed by atoms with Gasteiger partial charge >= 0.3 is 0 Å². The zero-order valence-corrected chi connectivity index (χ0v) is 13.8. The summed E-state index contributed by atoms with van der Waals surface area (Å²) in [7, 11) is 3.19. The molecule has 5 nitrogen and oxygen atoms in total. The zero-order chi connectivity index (χ0) is 16.1. The van der Waals surface area contributed by atoms with Crippen LogP contribution in [-0.2, 0) is 4.74 Å². The van der Waals surface area contributed by atoms with E-state index in [-0.39, 0.29) is 19.1 Å². The summed E-state index contributed by atoms with van der Waals surface area (Å²) in [4.78, 5) is 18.4. The number of aliphatic hydroxyl groups excluding tert-OH is 1. The minimum absolute atomic E-state index is 0.135. The molecule has 0 saturated heterocycles. The number of benzene rings is 1. The van der Waals surface area contributed by atoms with Crippen LogP contribution in [0.5, 0.6) is 0 Å². The third-order valence-corrected chi connectivity index (χ3v) is 3.99. The first-order valence-electron chi connectivity index (χ1n) is 6.96. The molecule has 2 rings (SSSR count). The highest BCUT2D eigenvalue weighted by Gasteiger charge is 2.16. The number of aryl methyl sites for hydroxylation is 1. The lowest BCUT2D eigenvalue weighted by atomic mass is 10.1. The summed E-state index contributed by atoms with van der Waals surface area (Å²) >= 11 is 1.58. The van der Waals surface area contributed by atoms with Gasteiger partial charge in [0, 0.05) is 37.2 Å². The molecule has 0 saturated carbocycles. The van der Waals surface area contributed by atoms with Gasteiger partial charge in [0.15, 0.2) is 0 Å². The number of ether oxygens (including phenoxy) is 1. The molecule has 0 bridgehead atoms. The minimum atomic E-state index is -0.691. The van der Waals surface area contributed by atoms with Crippen molar-refractivity contribution in [2.45, 2.75) is 13.0 Å². The molecule has 1 aromatic carbocycles. The average Bonchev–Trinajstić information content (AvgIpc) is 2.93. The minimum Gasteiger partial charge on any atom is -0.389 e. The van der Waals surface area contributed by atoms with Crippen molar-refractivity contribution in [2.24, 2.45) is 0 Å². The van der Waals surface area contributed by atoms with E-state index in [1.54, 1.807) is 24.5 Å². The number of rotatable bonds is 6. The first-order valence-corrected chi connectivity index (χ1v) is 7.84. The second kappa shape index (κ2) is 7.49. The Morgan fingerprint density at radius 2 is 2.27 bits per heavy atom. The molecule has 0 aliphatic carbocycles. The Bertz CT molecular complexity index is 642. The molecule has 0 radical (unpaired) electrons. The van der Waals surface area contributed by atoms with Crippen molar-refractivity contribution in [1.29, 1.82) is 0 Å². The summed E-state index contributed by atoms with van der Waals surface area (Å²) in [5.41, 5.74) is 2.37. The molecular weight excluding hydrogens is 300 g/mol. The third-order valence-electron chi connectivity index (χ3n) is 3.21. The van der Waals surface area contributed by atoms with E-state index >= 15 is 0 Å². The summed E-state index contributed by atoms with van der Waals surface area (Å²) in [5, 5.41) is 12.7. The lowest BCUT2D eigenvalue weighted by molar-refractivity contribution is 0.0380. The van der Waals surface area contributed by atoms with Crippen LogP contribution in [0.15, 0.2) is 29.6 Å². The van der Waals surface area contributed by atoms with E-state index in [1.807, 2.05) is 30.5 Å². The number of hydrogen-bond acceptors (Lipinski definition) is 5. The van der Waals surface area contributed by atoms with Crippen LogP contribution in [0.1, 0.15) is 15.4 Å². The largest absolute Gasteiger partial charge is 0.389 e. The van der Waals surface area contributed by atoms with Gasteiger partial charge in [0.25, 0.3) is 5.91 Å². The fraction of sp³-hybridized carbons (Fsp3) is 0.375. The van der Waals surface area contributed by atoms with Gasteiger partial charge in [-0.25, -0.2) is 4.98 Å². The van der Waals surface area contributed by atoms with E-state index in [0.29, 0.717) is 5.56 Å². The Morgan fingerprint density at radius 3 is 2.91 bits per heavy atom. The standard InChI is InChI=1S/C16H20N2O3S/c1-11-17-15(10-22-11)12-5-4-6-13(7-12)16(20)18(2)8-14(19)9-21-3/h4-7,10,14,19H,8-9H2,1-3H3/t14-/m1/s1. The highest BCUT2D eigenvalue weighted by Crippen LogP contribution is 2.22. The molecule has 22 heavy (non-hydrogen) atoms. The summed E-state index contributed by atoms with van der Waals surface area (Å²) in [6, 6.07) is 7.38. The monoisotopic (exact) mass is 320 g/mol. The van der Waals surface area contributed by atoms with E-state index in [1.165, 1.54) is 12.0 Å². The number of hydrogen-bond donors (Lipinski definition) is 1. The number of nitrogens with zero attached hydrogens (tertiary/aromatic N) is 2. The van der Waals surface area contributed by atoms with E-state index in [0.717, 1.165) is 16.3 Å². The summed E-state index contributed by atoms with van der Waals surface area (Å²) in [6.07, 6.45) is -0.691. The molecule has 6 heteroatoms. The van der Waals surface area contributed by atoms with Crippen molar-refractivity contribution >= 4 is 17.2 Å². The van der Waals surface area contributed by atoms with Gasteiger partial charge in [-0.2, -0.15) is 0 Å². The molecule has 1 amide bonds. The topological polar surface area (TPSA) is 62.7 Å². The number of carbonyl (C=O) groups excluding carboxylic acids is 1. The van der Waals surface area contributed by atoms with E-state index in [9.17, 15) is 9.90 Å². The summed E-state index contributed by atoms with van der Waals surface area (Å²) < 4.78 is 4.87. The number of aromatic nitrogens is 1. The van der Waals surface area contributed by atoms with Crippen molar-refractivity contribution in [1.82, 2.24) is 9.88 Å². The molecule has 0 spiro atoms. The maximum absolute atomic E-state index is 12.4. The van der Waals surface area contributed by atoms with Gasteiger partial charge in [0.1, 0.15) is 0 Å². The highest BCUT2D eigenvalue weighted by atomic mass is 32.1. The second-order valence-electron chi connectivity index (χ2n) is 5.13. The summed E-state index contributed by atoms with van der Waals surface area (Å²) in [5.74, 6) is -0.135. The third kappa shape index (κ3) is 4.13. The Hall–Kier alpha value is -1.76. The molecule has 0 unspecified atom stereocenters. The van der Waals surface area contributed by atoms with Crippen LogP contribution in [0, 0.1) is 6.92 Å². The van der Waals surface area contributed by atoms with Crippen molar-refractivity contribution in [3.8, 4) is 11.3 Å². The Balaban J connectivity index is 2.13. The van der Waals surface area contributed by atoms with Crippen LogP contribution >= 0.6 is 11.3 Å². The van der Waals surface area contributed by atoms with Crippen molar-refractivity contribution in [3.05, 3.63) is 40.2 Å². The fourth-order valence-electron chi connectivity index (χ4n) is 2.17. The van der Waals surface area contributed by atoms with Gasteiger partial charge in [0.2, 0.25) is 0 Å². The van der Waals surface area contributed by atoms with E-state index in [4.69, 9.17) is 4.74 Å². The number of carbonyl (C=O) groups is 1. The van der Waals surface area contributed by atoms with Crippen LogP contribution in [-0.4, -0.2) is 54.3 Å². The quantitative estimate of drug-likeness (QED) is 0.886. The molecule has 0 aliphatic heterocycles. The predicted molar refractivity (Wildman–Crippen MR) is 87.1 cm³/mol. The van der Waals surface area contributed by atoms with Crippen molar-refractivity contribution < 1.29 is 14.6 Å². The highest BCUT2D eigenvalue weighted by molar-refractivity contribution is 7.09. The Morgan fingerprint density at radius 1 is 1.50 bits per heavy atom. The first-order chi connectivity index (χ1) is 10.5. The average molecular weight is 320 g/mol. The fourth-order valence-corrected chi connectivity index (χ4v) is 2.79. The number of thiazole rings is 1. The lowest BCUT2D eigenvalue weighted by Crippen LogP contribution is -2.36. The van der Waals surface area contributed by atoms with Gasteiger partial charge in [-0.1, -0.05) is 12.1 Å². The maximum Gasteiger partial charge on any atom is 0.253 e. The zero-order valence-electron chi connectivity index (χ0n) is 12.9. The van der Waals surface area contributed by atoms with Gasteiger partial charge < -0.3 is 14.7 Å². The van der Waals surface area contributed by atoms with E-state index in [2.05, 4.69) is 4.98 Å². The van der Waals surface area contributed by atoms with E-state index < -0.39 is 6.10 Å². The molecule has 118 valence electrons. The van der Waals surface area contributed by atoms with Gasteiger partial charge in [0.05, 0.1) is 23.4 Å². The number of aliphatic hydroxyl groups is 1. The smallest absolute Gasteiger partial charge is 0.253 e. The molecule has 0 fully saturated rings. The van der Waals surface area contributed by atoms with Crippen LogP contribution in [0.3, 0.4) is 0 Å². The second-order valence-corrected chi connectivity index (χ2v) is 6.19. The molecule has 1 atom stereocenters. The molecule has 0 aliphatic rings. The molecule has 1 N–H and O–H groups in total. The van der Waals surface area contributed by atoms with Crippen LogP contribution in [0.2, 0.25) is 0 Å². The summed E-state index contributed by atoms with van der Waals surface area (Å²) in [6.45, 7) is 2.39. The number of amides is 1. The Kier molecular flexibility index (Phi) is 5.65. The van der Waals surface area contributed by atoms with Crippen molar-refractivity contribution in [2.75, 3.05) is 27.3 Å². The van der Waals surface area contributed by atoms with Gasteiger partial charge in [-0.05, 0) is 19.1 Å². The molecule has 1 aromatic heterocycles. The first kappa shape index (κ1) is 16.6. The van der Waals surface area contributed by atoms with Crippen molar-refractivity contribution in [3.63, 3.8) is 0 Å². The number of methoxy groups -OCH3 is 1. The van der Waals surface area contributed by atoms with Crippen LogP contribution in [0.4, 0.5) is 0 Å². The SMILES string of the molecule is COC[C@H](O)CN(C)C(=O)c1cccc(-c2csc(C)n2)c1. The van der Waals surface area contributed by atoms with Crippen LogP contribution < -0.4 is 0 Å². The maximum atomic E-state index is 12.4. The normalized spacial score (nSPS) is 12.2. The molecular formula is C16H20N2O3S. The molecule has 1 heterocycles. The Labute approximate surface area is 134 Å². The van der Waals surface area contributed by atoms with Gasteiger partial charge in [-0.3, -0.25) is 4.79 Å². The predicted octanol–water partition coefficient (Wildman–Crippen LogP) is 2.20. The lowest BCUT2D eigenvalue weighted by Gasteiger charge is -2.20. The van der Waals surface area contributed by atoms with Crippen LogP contribution in [0.25, 0.3) is 11.3 Å².